The SMILES string of the molecule is CCN1C(=O)S/C(=C\c2c(OC)ccc3ccccc23)C1=O. The second-order valence-electron chi connectivity index (χ2n) is 4.83. The maximum Gasteiger partial charge on any atom is 0.293 e. The molecule has 2 aromatic rings. The number of methoxy groups -OCH3 is 1. The maximum absolute atomic E-state index is 12.3. The van der Waals surface area contributed by atoms with Crippen LogP contribution < -0.4 is 4.74 Å². The molecule has 1 aliphatic rings. The minimum Gasteiger partial charge on any atom is -0.496 e. The van der Waals surface area contributed by atoms with E-state index in [-0.39, 0.29) is 11.1 Å². The Labute approximate surface area is 132 Å². The molecule has 1 fully saturated rings. The molecule has 0 aliphatic carbocycles. The minimum absolute atomic E-state index is 0.224. The van der Waals surface area contributed by atoms with Gasteiger partial charge in [0.2, 0.25) is 0 Å². The van der Waals surface area contributed by atoms with E-state index in [1.807, 2.05) is 36.4 Å². The summed E-state index contributed by atoms with van der Waals surface area (Å²) in [6.07, 6.45) is 1.75. The summed E-state index contributed by atoms with van der Waals surface area (Å²) >= 11 is 0.972. The number of benzene rings is 2. The highest BCUT2D eigenvalue weighted by molar-refractivity contribution is 8.18. The van der Waals surface area contributed by atoms with Gasteiger partial charge in [0, 0.05) is 12.1 Å². The first-order valence-corrected chi connectivity index (χ1v) is 7.78. The normalized spacial score (nSPS) is 16.8. The molecule has 3 rings (SSSR count). The quantitative estimate of drug-likeness (QED) is 0.806. The van der Waals surface area contributed by atoms with Crippen LogP contribution in [0.5, 0.6) is 5.75 Å². The fourth-order valence-electron chi connectivity index (χ4n) is 2.51. The summed E-state index contributed by atoms with van der Waals surface area (Å²) in [4.78, 5) is 25.8. The van der Waals surface area contributed by atoms with Crippen LogP contribution >= 0.6 is 11.8 Å². The van der Waals surface area contributed by atoms with Crippen molar-refractivity contribution in [3.8, 4) is 5.75 Å². The lowest BCUT2D eigenvalue weighted by atomic mass is 10.0. The molecule has 0 aromatic heterocycles. The minimum atomic E-state index is -0.243. The van der Waals surface area contributed by atoms with E-state index in [2.05, 4.69) is 0 Å². The number of nitrogens with zero attached hydrogens (tertiary/aromatic N) is 1. The smallest absolute Gasteiger partial charge is 0.293 e. The predicted molar refractivity (Wildman–Crippen MR) is 88.9 cm³/mol. The van der Waals surface area contributed by atoms with Crippen LogP contribution in [0.1, 0.15) is 12.5 Å². The van der Waals surface area contributed by atoms with Crippen molar-refractivity contribution < 1.29 is 14.3 Å². The van der Waals surface area contributed by atoms with Gasteiger partial charge in [-0.2, -0.15) is 0 Å². The molecule has 0 bridgehead atoms. The van der Waals surface area contributed by atoms with Gasteiger partial charge in [0.1, 0.15) is 5.75 Å². The molecule has 0 spiro atoms. The Bertz CT molecular complexity index is 798. The molecule has 0 unspecified atom stereocenters. The van der Waals surface area contributed by atoms with Crippen LogP contribution in [0, 0.1) is 0 Å². The van der Waals surface area contributed by atoms with Crippen molar-refractivity contribution in [2.24, 2.45) is 0 Å². The lowest BCUT2D eigenvalue weighted by molar-refractivity contribution is -0.122. The molecular formula is C17H15NO3S. The Morgan fingerprint density at radius 3 is 2.64 bits per heavy atom. The van der Waals surface area contributed by atoms with Gasteiger partial charge < -0.3 is 4.74 Å². The summed E-state index contributed by atoms with van der Waals surface area (Å²) in [7, 11) is 1.60. The molecule has 22 heavy (non-hydrogen) atoms. The number of amides is 2. The van der Waals surface area contributed by atoms with Gasteiger partial charge in [-0.1, -0.05) is 30.3 Å². The summed E-state index contributed by atoms with van der Waals surface area (Å²) in [5, 5.41) is 1.83. The number of thioether (sulfide) groups is 1. The topological polar surface area (TPSA) is 46.6 Å². The summed E-state index contributed by atoms with van der Waals surface area (Å²) in [5.74, 6) is 0.439. The molecule has 112 valence electrons. The summed E-state index contributed by atoms with van der Waals surface area (Å²) < 4.78 is 5.42. The van der Waals surface area contributed by atoms with Crippen molar-refractivity contribution in [1.29, 1.82) is 0 Å². The van der Waals surface area contributed by atoms with Crippen molar-refractivity contribution in [2.75, 3.05) is 13.7 Å². The van der Waals surface area contributed by atoms with E-state index < -0.39 is 0 Å². The molecular weight excluding hydrogens is 298 g/mol. The second-order valence-corrected chi connectivity index (χ2v) is 5.82. The molecule has 0 atom stereocenters. The van der Waals surface area contributed by atoms with Gasteiger partial charge in [-0.15, -0.1) is 0 Å². The van der Waals surface area contributed by atoms with E-state index in [1.54, 1.807) is 20.1 Å². The molecule has 1 saturated heterocycles. The molecule has 0 radical (unpaired) electrons. The molecule has 1 heterocycles. The third-order valence-electron chi connectivity index (χ3n) is 3.62. The number of rotatable bonds is 3. The van der Waals surface area contributed by atoms with Crippen LogP contribution in [0.15, 0.2) is 41.3 Å². The average Bonchev–Trinajstić information content (AvgIpc) is 2.81. The van der Waals surface area contributed by atoms with E-state index in [1.165, 1.54) is 4.90 Å². The zero-order chi connectivity index (χ0) is 15.7. The van der Waals surface area contributed by atoms with Crippen LogP contribution in [0.3, 0.4) is 0 Å². The molecule has 4 nitrogen and oxygen atoms in total. The van der Waals surface area contributed by atoms with Gasteiger partial charge in [0.05, 0.1) is 12.0 Å². The number of fused-ring (bicyclic) bond motifs is 1. The molecule has 5 heteroatoms. The van der Waals surface area contributed by atoms with Crippen LogP contribution in [-0.4, -0.2) is 29.7 Å². The monoisotopic (exact) mass is 313 g/mol. The average molecular weight is 313 g/mol. The second kappa shape index (κ2) is 5.85. The van der Waals surface area contributed by atoms with Crippen molar-refractivity contribution in [3.63, 3.8) is 0 Å². The van der Waals surface area contributed by atoms with Gasteiger partial charge in [-0.25, -0.2) is 0 Å². The first-order valence-electron chi connectivity index (χ1n) is 6.96. The zero-order valence-electron chi connectivity index (χ0n) is 12.3. The lowest BCUT2D eigenvalue weighted by Gasteiger charge is -2.10. The van der Waals surface area contributed by atoms with E-state index >= 15 is 0 Å². The van der Waals surface area contributed by atoms with Gasteiger partial charge in [-0.3, -0.25) is 14.5 Å². The Hall–Kier alpha value is -2.27. The fraction of sp³-hybridized carbons (Fsp3) is 0.176. The molecule has 2 aromatic carbocycles. The van der Waals surface area contributed by atoms with E-state index in [4.69, 9.17) is 4.74 Å². The van der Waals surface area contributed by atoms with E-state index in [9.17, 15) is 9.59 Å². The Morgan fingerprint density at radius 2 is 1.95 bits per heavy atom. The lowest BCUT2D eigenvalue weighted by Crippen LogP contribution is -2.27. The molecule has 2 amide bonds. The van der Waals surface area contributed by atoms with Gasteiger partial charge in [0.25, 0.3) is 11.1 Å². The number of carbonyl (C=O) groups is 2. The third kappa shape index (κ3) is 2.37. The number of imide groups is 1. The highest BCUT2D eigenvalue weighted by Gasteiger charge is 2.34. The summed E-state index contributed by atoms with van der Waals surface area (Å²) in [6, 6.07) is 11.7. The first kappa shape index (κ1) is 14.7. The Morgan fingerprint density at radius 1 is 1.18 bits per heavy atom. The van der Waals surface area contributed by atoms with Crippen LogP contribution in [-0.2, 0) is 4.79 Å². The van der Waals surface area contributed by atoms with Gasteiger partial charge >= 0.3 is 0 Å². The van der Waals surface area contributed by atoms with Crippen LogP contribution in [0.2, 0.25) is 0 Å². The molecule has 0 saturated carbocycles. The molecule has 0 N–H and O–H groups in total. The number of hydrogen-bond acceptors (Lipinski definition) is 4. The van der Waals surface area contributed by atoms with Crippen LogP contribution in [0.4, 0.5) is 4.79 Å². The number of likely N-dealkylation sites (N-methyl/N-ethyl adjacent to an activating group) is 1. The van der Waals surface area contributed by atoms with Crippen molar-refractivity contribution >= 4 is 39.8 Å². The van der Waals surface area contributed by atoms with Crippen molar-refractivity contribution in [3.05, 3.63) is 46.9 Å². The zero-order valence-corrected chi connectivity index (χ0v) is 13.1. The highest BCUT2D eigenvalue weighted by Crippen LogP contribution is 2.36. The fourth-order valence-corrected chi connectivity index (χ4v) is 3.39. The van der Waals surface area contributed by atoms with E-state index in [0.717, 1.165) is 28.1 Å². The first-order chi connectivity index (χ1) is 10.7. The van der Waals surface area contributed by atoms with Crippen LogP contribution in [0.25, 0.3) is 16.8 Å². The highest BCUT2D eigenvalue weighted by atomic mass is 32.2. The molecule has 1 aliphatic heterocycles. The third-order valence-corrected chi connectivity index (χ3v) is 4.52. The number of carbonyl (C=O) groups excluding carboxylic acids is 2. The van der Waals surface area contributed by atoms with Gasteiger partial charge in [0.15, 0.2) is 0 Å². The van der Waals surface area contributed by atoms with Gasteiger partial charge in [-0.05, 0) is 41.6 Å². The van der Waals surface area contributed by atoms with E-state index in [0.29, 0.717) is 17.2 Å². The maximum atomic E-state index is 12.3. The summed E-state index contributed by atoms with van der Waals surface area (Å²) in [5.41, 5.74) is 0.821. The summed E-state index contributed by atoms with van der Waals surface area (Å²) in [6.45, 7) is 2.17. The van der Waals surface area contributed by atoms with Crippen molar-refractivity contribution in [2.45, 2.75) is 6.92 Å². The standard InChI is InChI=1S/C17H15NO3S/c1-3-18-16(19)15(22-17(18)20)10-13-12-7-5-4-6-11(12)8-9-14(13)21-2/h4-10H,3H2,1-2H3/b15-10-. The van der Waals surface area contributed by atoms with Crippen molar-refractivity contribution in [1.82, 2.24) is 4.90 Å². The number of hydrogen-bond donors (Lipinski definition) is 0. The Kier molecular flexibility index (Phi) is 3.90. The number of ether oxygens (including phenoxy) is 1. The largest absolute Gasteiger partial charge is 0.496 e. The predicted octanol–water partition coefficient (Wildman–Crippen LogP) is 3.90. The Balaban J connectivity index is 2.16.